The maximum atomic E-state index is 13.6. The maximum Gasteiger partial charge on any atom is 0.343 e. The summed E-state index contributed by atoms with van der Waals surface area (Å²) in [4.78, 5) is 38.2. The molecule has 0 aromatic heterocycles. The van der Waals surface area contributed by atoms with E-state index in [9.17, 15) is 19.6 Å². The molecule has 0 aliphatic heterocycles. The Morgan fingerprint density at radius 2 is 1.10 bits per heavy atom. The van der Waals surface area contributed by atoms with Crippen LogP contribution in [0.1, 0.15) is 52.0 Å². The van der Waals surface area contributed by atoms with Gasteiger partial charge in [-0.2, -0.15) is 5.26 Å². The van der Waals surface area contributed by atoms with E-state index in [2.05, 4.69) is 12.6 Å². The fourth-order valence-corrected chi connectivity index (χ4v) is 5.85. The topological polar surface area (TPSA) is 112 Å². The number of ether oxygens (including phenoxy) is 4. The van der Waals surface area contributed by atoms with Gasteiger partial charge in [0, 0.05) is 17.2 Å². The Kier molecular flexibility index (Phi) is 11.3. The second kappa shape index (κ2) is 16.8. The molecule has 8 heteroatoms. The summed E-state index contributed by atoms with van der Waals surface area (Å²) in [5.41, 5.74) is 2.26. The van der Waals surface area contributed by atoms with Gasteiger partial charge in [-0.05, 0) is 108 Å². The number of benzene rings is 6. The van der Waals surface area contributed by atoms with Crippen molar-refractivity contribution < 1.29 is 33.3 Å². The summed E-state index contributed by atoms with van der Waals surface area (Å²) < 4.78 is 23.0. The van der Waals surface area contributed by atoms with Crippen LogP contribution >= 0.6 is 0 Å². The summed E-state index contributed by atoms with van der Waals surface area (Å²) in [5, 5.41) is 12.6. The first-order chi connectivity index (χ1) is 25.4. The number of carbonyl (C=O) groups is 3. The molecule has 6 aromatic rings. The maximum absolute atomic E-state index is 13.6. The van der Waals surface area contributed by atoms with Gasteiger partial charge in [-0.3, -0.25) is 0 Å². The first-order valence-corrected chi connectivity index (χ1v) is 17.0. The Hall–Kier alpha value is -6.72. The first-order valence-electron chi connectivity index (χ1n) is 17.0. The molecule has 0 unspecified atom stereocenters. The van der Waals surface area contributed by atoms with Crippen molar-refractivity contribution >= 4 is 39.5 Å². The normalized spacial score (nSPS) is 10.7. The second-order valence-electron chi connectivity index (χ2n) is 11.9. The van der Waals surface area contributed by atoms with Crippen molar-refractivity contribution in [3.05, 3.63) is 151 Å². The van der Waals surface area contributed by atoms with Gasteiger partial charge in [-0.1, -0.05) is 67.2 Å². The molecule has 0 atom stereocenters. The van der Waals surface area contributed by atoms with Crippen LogP contribution in [0.4, 0.5) is 0 Å². The zero-order valence-electron chi connectivity index (χ0n) is 28.4. The smallest absolute Gasteiger partial charge is 0.343 e. The van der Waals surface area contributed by atoms with Crippen LogP contribution < -0.4 is 14.2 Å². The highest BCUT2D eigenvalue weighted by molar-refractivity contribution is 6.11. The molecule has 0 aliphatic rings. The van der Waals surface area contributed by atoms with Crippen LogP contribution in [0.25, 0.3) is 32.7 Å². The molecule has 8 nitrogen and oxygen atoms in total. The lowest BCUT2D eigenvalue weighted by molar-refractivity contribution is -0.137. The largest absolute Gasteiger partial charge is 0.494 e. The molecular weight excluding hydrogens is 654 g/mol. The summed E-state index contributed by atoms with van der Waals surface area (Å²) in [6.45, 7) is 4.27. The third kappa shape index (κ3) is 8.35. The number of fused-ring (bicyclic) bond motifs is 2. The lowest BCUT2D eigenvalue weighted by Gasteiger charge is -2.19. The highest BCUT2D eigenvalue weighted by Crippen LogP contribution is 2.46. The van der Waals surface area contributed by atoms with Gasteiger partial charge in [0.25, 0.3) is 0 Å². The van der Waals surface area contributed by atoms with Crippen molar-refractivity contribution in [3.63, 3.8) is 0 Å². The van der Waals surface area contributed by atoms with Gasteiger partial charge in [-0.15, -0.1) is 0 Å². The van der Waals surface area contributed by atoms with Crippen molar-refractivity contribution in [3.8, 4) is 34.4 Å². The molecule has 6 rings (SSSR count). The van der Waals surface area contributed by atoms with Gasteiger partial charge in [0.15, 0.2) is 0 Å². The minimum Gasteiger partial charge on any atom is -0.494 e. The second-order valence-corrected chi connectivity index (χ2v) is 11.9. The zero-order valence-corrected chi connectivity index (χ0v) is 28.4. The highest BCUT2D eigenvalue weighted by atomic mass is 16.5. The molecule has 0 spiro atoms. The Balaban J connectivity index is 1.24. The number of carbonyl (C=O) groups excluding carboxylic acids is 3. The summed E-state index contributed by atoms with van der Waals surface area (Å²) in [6.07, 6.45) is 4.61. The summed E-state index contributed by atoms with van der Waals surface area (Å²) >= 11 is 0. The minimum absolute atomic E-state index is 0.291. The third-order valence-corrected chi connectivity index (χ3v) is 8.50. The number of hydrogen-bond acceptors (Lipinski definition) is 8. The van der Waals surface area contributed by atoms with E-state index in [-0.39, 0.29) is 0 Å². The van der Waals surface area contributed by atoms with E-state index >= 15 is 0 Å². The average Bonchev–Trinajstić information content (AvgIpc) is 3.19. The van der Waals surface area contributed by atoms with Gasteiger partial charge in [0.2, 0.25) is 0 Å². The Bertz CT molecular complexity index is 2290. The number of nitrogens with zero attached hydrogens (tertiary/aromatic N) is 1. The molecule has 0 saturated heterocycles. The minimum atomic E-state index is -0.589. The summed E-state index contributed by atoms with van der Waals surface area (Å²) in [5.74, 6) is -0.334. The Morgan fingerprint density at radius 3 is 1.62 bits per heavy atom. The van der Waals surface area contributed by atoms with E-state index in [4.69, 9.17) is 18.9 Å². The van der Waals surface area contributed by atoms with Crippen LogP contribution in [0.15, 0.2) is 134 Å². The lowest BCUT2D eigenvalue weighted by Crippen LogP contribution is -2.11. The van der Waals surface area contributed by atoms with Crippen molar-refractivity contribution in [2.75, 3.05) is 13.2 Å². The van der Waals surface area contributed by atoms with E-state index in [0.29, 0.717) is 58.3 Å². The fraction of sp³-hybridized carbons (Fsp3) is 0.136. The molecule has 0 radical (unpaired) electrons. The Morgan fingerprint density at radius 1 is 0.596 bits per heavy atom. The predicted octanol–water partition coefficient (Wildman–Crippen LogP) is 9.64. The monoisotopic (exact) mass is 689 g/mol. The number of hydrogen-bond donors (Lipinski definition) is 0. The Labute approximate surface area is 301 Å². The fourth-order valence-electron chi connectivity index (χ4n) is 5.85. The molecule has 0 N–H and O–H groups in total. The van der Waals surface area contributed by atoms with Crippen molar-refractivity contribution in [1.82, 2.24) is 0 Å². The summed E-state index contributed by atoms with van der Waals surface area (Å²) in [6, 6.07) is 37.8. The van der Waals surface area contributed by atoms with Crippen LogP contribution in [0.5, 0.6) is 17.2 Å². The highest BCUT2D eigenvalue weighted by Gasteiger charge is 2.23. The zero-order chi connectivity index (χ0) is 36.3. The van der Waals surface area contributed by atoms with E-state index in [0.717, 1.165) is 53.3 Å². The first kappa shape index (κ1) is 35.1. The van der Waals surface area contributed by atoms with Crippen LogP contribution in [-0.2, 0) is 9.53 Å². The standard InChI is InChI=1S/C44H35NO7/c1-2-40(46)50-28-10-4-3-9-27-49-35-23-19-34(20-24-35)44(48)52-39-26-22-32-12-6-8-14-37(32)42(39)41-36-13-7-5-11-31(36)21-25-38(41)51-43(47)33-17-15-30(29-45)16-18-33/h2,5-8,11-26H,1,3-4,9-10,27-28H2. The van der Waals surface area contributed by atoms with Crippen LogP contribution in [0.2, 0.25) is 0 Å². The number of nitriles is 1. The molecule has 6 aromatic carbocycles. The van der Waals surface area contributed by atoms with Gasteiger partial charge >= 0.3 is 17.9 Å². The number of unbranched alkanes of at least 4 members (excludes halogenated alkanes) is 3. The molecule has 0 aliphatic carbocycles. The molecule has 0 heterocycles. The van der Waals surface area contributed by atoms with E-state index in [1.807, 2.05) is 60.7 Å². The van der Waals surface area contributed by atoms with Gasteiger partial charge in [0.05, 0.1) is 36.0 Å². The molecule has 0 bridgehead atoms. The van der Waals surface area contributed by atoms with Gasteiger partial charge in [0.1, 0.15) is 17.2 Å². The van der Waals surface area contributed by atoms with Crippen molar-refractivity contribution in [2.24, 2.45) is 0 Å². The van der Waals surface area contributed by atoms with E-state index < -0.39 is 17.9 Å². The number of rotatable bonds is 14. The van der Waals surface area contributed by atoms with Crippen molar-refractivity contribution in [1.29, 1.82) is 5.26 Å². The average molecular weight is 690 g/mol. The molecular formula is C44H35NO7. The lowest BCUT2D eigenvalue weighted by atomic mass is 9.92. The number of esters is 3. The molecule has 0 amide bonds. The predicted molar refractivity (Wildman–Crippen MR) is 200 cm³/mol. The van der Waals surface area contributed by atoms with Gasteiger partial charge in [-0.25, -0.2) is 14.4 Å². The van der Waals surface area contributed by atoms with Crippen LogP contribution in [0.3, 0.4) is 0 Å². The van der Waals surface area contributed by atoms with Crippen molar-refractivity contribution in [2.45, 2.75) is 25.7 Å². The molecule has 0 fully saturated rings. The van der Waals surface area contributed by atoms with Crippen LogP contribution in [0, 0.1) is 11.3 Å². The molecule has 0 saturated carbocycles. The van der Waals surface area contributed by atoms with Gasteiger partial charge < -0.3 is 18.9 Å². The molecule has 52 heavy (non-hydrogen) atoms. The summed E-state index contributed by atoms with van der Waals surface area (Å²) in [7, 11) is 0. The molecule has 258 valence electrons. The quantitative estimate of drug-likeness (QED) is 0.0481. The SMILES string of the molecule is C=CC(=O)OCCCCCCOc1ccc(C(=O)Oc2ccc3ccccc3c2-c2c(OC(=O)c3ccc(C#N)cc3)ccc3ccccc23)cc1. The van der Waals surface area contributed by atoms with E-state index in [1.165, 1.54) is 0 Å². The third-order valence-electron chi connectivity index (χ3n) is 8.50. The van der Waals surface area contributed by atoms with E-state index in [1.54, 1.807) is 60.7 Å². The van der Waals surface area contributed by atoms with Crippen LogP contribution in [-0.4, -0.2) is 31.1 Å².